The molecule has 0 fully saturated rings. The highest BCUT2D eigenvalue weighted by Crippen LogP contribution is 2.47. The molecule has 0 aromatic heterocycles. The maximum atomic E-state index is 13.2. The molecule has 1 amide bonds. The first-order valence-corrected chi connectivity index (χ1v) is 10.6. The largest absolute Gasteiger partial charge is 0.300 e. The number of nitrogens with zero attached hydrogens (tertiary/aromatic N) is 2. The van der Waals surface area contributed by atoms with Gasteiger partial charge in [-0.2, -0.15) is 5.10 Å². The van der Waals surface area contributed by atoms with Gasteiger partial charge in [0.25, 0.3) is 5.91 Å². The molecule has 1 heterocycles. The van der Waals surface area contributed by atoms with E-state index >= 15 is 0 Å². The number of fused-ring (bicyclic) bond motifs is 2. The van der Waals surface area contributed by atoms with Crippen molar-refractivity contribution in [2.75, 3.05) is 11.4 Å². The van der Waals surface area contributed by atoms with Crippen LogP contribution in [0.2, 0.25) is 0 Å². The second-order valence-corrected chi connectivity index (χ2v) is 7.86. The number of rotatable bonds is 6. The summed E-state index contributed by atoms with van der Waals surface area (Å²) in [5.41, 5.74) is 6.91. The van der Waals surface area contributed by atoms with E-state index in [0.29, 0.717) is 0 Å². The fourth-order valence-electron chi connectivity index (χ4n) is 3.39. The molecule has 3 aromatic carbocycles. The third-order valence-corrected chi connectivity index (χ3v) is 5.85. The first-order valence-electron chi connectivity index (χ1n) is 9.81. The molecule has 0 radical (unpaired) electrons. The van der Waals surface area contributed by atoms with Crippen molar-refractivity contribution in [2.45, 2.75) is 29.6 Å². The Morgan fingerprint density at radius 3 is 2.10 bits per heavy atom. The monoisotopic (exact) mass is 401 g/mol. The lowest BCUT2D eigenvalue weighted by molar-refractivity contribution is -0.117. The van der Waals surface area contributed by atoms with Crippen molar-refractivity contribution in [3.05, 3.63) is 84.4 Å². The molecule has 0 bridgehead atoms. The van der Waals surface area contributed by atoms with Gasteiger partial charge in [-0.15, -0.1) is 0 Å². The molecule has 0 saturated carbocycles. The van der Waals surface area contributed by atoms with Crippen LogP contribution in [0.15, 0.2) is 93.8 Å². The van der Waals surface area contributed by atoms with E-state index in [1.807, 2.05) is 66.7 Å². The molecule has 1 aliphatic heterocycles. The number of anilines is 2. The molecule has 5 heteroatoms. The van der Waals surface area contributed by atoms with Crippen molar-refractivity contribution in [2.24, 2.45) is 5.10 Å². The number of nitrogens with one attached hydrogen (secondary N) is 1. The SMILES string of the molecule is CCCC(=NNCC(=O)N1c2ccccc2Sc2ccccc21)c1ccccc1. The molecule has 0 spiro atoms. The van der Waals surface area contributed by atoms with Gasteiger partial charge in [-0.05, 0) is 36.2 Å². The van der Waals surface area contributed by atoms with Crippen molar-refractivity contribution >= 4 is 34.8 Å². The van der Waals surface area contributed by atoms with Gasteiger partial charge in [0.1, 0.15) is 6.54 Å². The zero-order valence-electron chi connectivity index (χ0n) is 16.3. The van der Waals surface area contributed by atoms with E-state index in [1.54, 1.807) is 16.7 Å². The molecule has 0 unspecified atom stereocenters. The molecule has 4 nitrogen and oxygen atoms in total. The minimum absolute atomic E-state index is 0.0298. The molecule has 3 aromatic rings. The number of amides is 1. The van der Waals surface area contributed by atoms with Gasteiger partial charge in [0.15, 0.2) is 0 Å². The lowest BCUT2D eigenvalue weighted by Crippen LogP contribution is -2.35. The molecule has 0 saturated heterocycles. The van der Waals surface area contributed by atoms with E-state index < -0.39 is 0 Å². The molecule has 146 valence electrons. The van der Waals surface area contributed by atoms with Crippen LogP contribution >= 0.6 is 11.8 Å². The highest BCUT2D eigenvalue weighted by atomic mass is 32.2. The van der Waals surface area contributed by atoms with Crippen LogP contribution in [0.25, 0.3) is 0 Å². The smallest absolute Gasteiger partial charge is 0.252 e. The summed E-state index contributed by atoms with van der Waals surface area (Å²) in [5, 5.41) is 4.54. The van der Waals surface area contributed by atoms with E-state index in [-0.39, 0.29) is 12.5 Å². The molecular formula is C24H23N3OS. The molecule has 1 aliphatic rings. The third kappa shape index (κ3) is 4.20. The van der Waals surface area contributed by atoms with E-state index in [0.717, 1.165) is 45.3 Å². The number of benzene rings is 3. The summed E-state index contributed by atoms with van der Waals surface area (Å²) >= 11 is 1.69. The van der Waals surface area contributed by atoms with Gasteiger partial charge in [0, 0.05) is 9.79 Å². The summed E-state index contributed by atoms with van der Waals surface area (Å²) in [6.45, 7) is 2.26. The van der Waals surface area contributed by atoms with Gasteiger partial charge >= 0.3 is 0 Å². The van der Waals surface area contributed by atoms with Gasteiger partial charge in [-0.25, -0.2) is 0 Å². The Morgan fingerprint density at radius 1 is 0.897 bits per heavy atom. The number of hydrogen-bond donors (Lipinski definition) is 1. The van der Waals surface area contributed by atoms with Crippen LogP contribution in [0, 0.1) is 0 Å². The van der Waals surface area contributed by atoms with Crippen molar-refractivity contribution in [1.82, 2.24) is 5.43 Å². The Balaban J connectivity index is 1.56. The predicted octanol–water partition coefficient (Wildman–Crippen LogP) is 5.61. The van der Waals surface area contributed by atoms with Gasteiger partial charge in [-0.1, -0.05) is 79.7 Å². The molecule has 0 aliphatic carbocycles. The van der Waals surface area contributed by atoms with E-state index in [2.05, 4.69) is 29.6 Å². The van der Waals surface area contributed by atoms with Gasteiger partial charge in [0.05, 0.1) is 17.1 Å². The van der Waals surface area contributed by atoms with Crippen LogP contribution < -0.4 is 10.3 Å². The average Bonchev–Trinajstić information content (AvgIpc) is 2.77. The Hall–Kier alpha value is -3.05. The van der Waals surface area contributed by atoms with E-state index in [4.69, 9.17) is 0 Å². The van der Waals surface area contributed by atoms with Crippen LogP contribution in [0.1, 0.15) is 25.3 Å². The summed E-state index contributed by atoms with van der Waals surface area (Å²) in [6, 6.07) is 26.1. The number of carbonyl (C=O) groups excluding carboxylic acids is 1. The maximum absolute atomic E-state index is 13.2. The summed E-state index contributed by atoms with van der Waals surface area (Å²) < 4.78 is 0. The standard InChI is InChI=1S/C24H23N3OS/c1-2-10-19(18-11-4-3-5-12-18)26-25-17-24(28)27-20-13-6-8-15-22(20)29-23-16-9-7-14-21(23)27/h3-9,11-16,25H,2,10,17H2,1H3. The van der Waals surface area contributed by atoms with Crippen LogP contribution in [0.3, 0.4) is 0 Å². The van der Waals surface area contributed by atoms with Crippen LogP contribution in [0.5, 0.6) is 0 Å². The highest BCUT2D eigenvalue weighted by Gasteiger charge is 2.27. The second kappa shape index (κ2) is 8.97. The first-order chi connectivity index (χ1) is 14.3. The normalized spacial score (nSPS) is 12.9. The first kappa shape index (κ1) is 19.3. The van der Waals surface area contributed by atoms with Crippen molar-refractivity contribution in [3.63, 3.8) is 0 Å². The van der Waals surface area contributed by atoms with Crippen LogP contribution in [0.4, 0.5) is 11.4 Å². The van der Waals surface area contributed by atoms with E-state index in [1.165, 1.54) is 0 Å². The summed E-state index contributed by atoms with van der Waals surface area (Å²) in [7, 11) is 0. The van der Waals surface area contributed by atoms with Gasteiger partial charge < -0.3 is 5.43 Å². The molecule has 0 atom stereocenters. The van der Waals surface area contributed by atoms with Crippen LogP contribution in [-0.4, -0.2) is 18.2 Å². The quantitative estimate of drug-likeness (QED) is 0.431. The number of para-hydroxylation sites is 2. The zero-order chi connectivity index (χ0) is 20.1. The Morgan fingerprint density at radius 2 is 1.48 bits per heavy atom. The molecule has 4 rings (SSSR count). The Bertz CT molecular complexity index is 988. The number of hydrogen-bond acceptors (Lipinski definition) is 4. The molecule has 29 heavy (non-hydrogen) atoms. The fraction of sp³-hybridized carbons (Fsp3) is 0.167. The second-order valence-electron chi connectivity index (χ2n) is 6.78. The maximum Gasteiger partial charge on any atom is 0.252 e. The minimum Gasteiger partial charge on any atom is -0.300 e. The lowest BCUT2D eigenvalue weighted by atomic mass is 10.1. The van der Waals surface area contributed by atoms with Crippen LogP contribution in [-0.2, 0) is 4.79 Å². The zero-order valence-corrected chi connectivity index (χ0v) is 17.2. The van der Waals surface area contributed by atoms with Crippen molar-refractivity contribution in [3.8, 4) is 0 Å². The average molecular weight is 402 g/mol. The minimum atomic E-state index is -0.0298. The lowest BCUT2D eigenvalue weighted by Gasteiger charge is -2.31. The van der Waals surface area contributed by atoms with Crippen molar-refractivity contribution in [1.29, 1.82) is 0 Å². The number of hydrazone groups is 1. The summed E-state index contributed by atoms with van der Waals surface area (Å²) in [6.07, 6.45) is 1.85. The van der Waals surface area contributed by atoms with E-state index in [9.17, 15) is 4.79 Å². The Labute approximate surface area is 175 Å². The van der Waals surface area contributed by atoms with Gasteiger partial charge in [-0.3, -0.25) is 9.69 Å². The predicted molar refractivity (Wildman–Crippen MR) is 120 cm³/mol. The highest BCUT2D eigenvalue weighted by molar-refractivity contribution is 7.99. The summed E-state index contributed by atoms with van der Waals surface area (Å²) in [5.74, 6) is -0.0298. The molecule has 1 N–H and O–H groups in total. The molecular weight excluding hydrogens is 378 g/mol. The number of carbonyl (C=O) groups is 1. The topological polar surface area (TPSA) is 44.7 Å². The fourth-order valence-corrected chi connectivity index (χ4v) is 4.45. The third-order valence-electron chi connectivity index (χ3n) is 4.72. The van der Waals surface area contributed by atoms with Crippen molar-refractivity contribution < 1.29 is 4.79 Å². The Kier molecular flexibility index (Phi) is 5.96. The van der Waals surface area contributed by atoms with Gasteiger partial charge in [0.2, 0.25) is 0 Å². The summed E-state index contributed by atoms with van der Waals surface area (Å²) in [4.78, 5) is 17.1.